The molecule has 0 aliphatic carbocycles. The maximum absolute atomic E-state index is 12.5. The molecule has 0 amide bonds. The predicted octanol–water partition coefficient (Wildman–Crippen LogP) is 2.67. The minimum Gasteiger partial charge on any atom is -0.491 e. The molecule has 2 aromatic rings. The minimum absolute atomic E-state index is 0.267. The fourth-order valence-corrected chi connectivity index (χ4v) is 2.21. The number of nitrogens with zero attached hydrogens (tertiary/aromatic N) is 3. The Labute approximate surface area is 110 Å². The van der Waals surface area contributed by atoms with Gasteiger partial charge in [-0.05, 0) is 0 Å². The molecule has 0 aromatic carbocycles. The second-order valence-electron chi connectivity index (χ2n) is 3.38. The van der Waals surface area contributed by atoms with E-state index in [9.17, 15) is 13.2 Å². The van der Waals surface area contributed by atoms with Crippen molar-refractivity contribution >= 4 is 17.2 Å². The summed E-state index contributed by atoms with van der Waals surface area (Å²) in [5.41, 5.74) is 0.273. The number of aromatic nitrogens is 3. The highest BCUT2D eigenvalue weighted by Crippen LogP contribution is 2.39. The molecule has 0 aliphatic heterocycles. The van der Waals surface area contributed by atoms with Crippen molar-refractivity contribution in [2.75, 3.05) is 19.5 Å². The standard InChI is InChI=1S/C10H9F3N4OS/c1-14-8-7(18-2)6(16-4-17-8)5-3-15-9(19-5)10(11,12)13/h3-4H,1-2H3,(H,14,16,17). The highest BCUT2D eigenvalue weighted by molar-refractivity contribution is 7.15. The number of alkyl halides is 3. The third-order valence-corrected chi connectivity index (χ3v) is 3.28. The number of nitrogens with one attached hydrogen (secondary N) is 1. The highest BCUT2D eigenvalue weighted by Gasteiger charge is 2.35. The first-order chi connectivity index (χ1) is 8.97. The van der Waals surface area contributed by atoms with Crippen molar-refractivity contribution in [3.63, 3.8) is 0 Å². The third-order valence-electron chi connectivity index (χ3n) is 2.23. The molecular formula is C10H9F3N4OS. The monoisotopic (exact) mass is 290 g/mol. The van der Waals surface area contributed by atoms with Crippen LogP contribution in [0.15, 0.2) is 12.5 Å². The maximum Gasteiger partial charge on any atom is 0.443 e. The zero-order valence-electron chi connectivity index (χ0n) is 9.95. The number of hydrogen-bond acceptors (Lipinski definition) is 6. The molecule has 1 N–H and O–H groups in total. The largest absolute Gasteiger partial charge is 0.491 e. The molecule has 0 atom stereocenters. The number of rotatable bonds is 3. The molecule has 0 fully saturated rings. The smallest absolute Gasteiger partial charge is 0.443 e. The van der Waals surface area contributed by atoms with Crippen LogP contribution in [-0.4, -0.2) is 29.1 Å². The van der Waals surface area contributed by atoms with Gasteiger partial charge in [-0.2, -0.15) is 13.2 Å². The topological polar surface area (TPSA) is 59.9 Å². The Morgan fingerprint density at radius 2 is 2.00 bits per heavy atom. The summed E-state index contributed by atoms with van der Waals surface area (Å²) in [7, 11) is 3.02. The van der Waals surface area contributed by atoms with Gasteiger partial charge in [0.25, 0.3) is 0 Å². The summed E-state index contributed by atoms with van der Waals surface area (Å²) >= 11 is 0.507. The molecule has 19 heavy (non-hydrogen) atoms. The van der Waals surface area contributed by atoms with Gasteiger partial charge in [0.15, 0.2) is 16.6 Å². The van der Waals surface area contributed by atoms with E-state index in [0.29, 0.717) is 17.2 Å². The quantitative estimate of drug-likeness (QED) is 0.941. The van der Waals surface area contributed by atoms with Crippen molar-refractivity contribution in [1.82, 2.24) is 15.0 Å². The van der Waals surface area contributed by atoms with Crippen molar-refractivity contribution in [2.24, 2.45) is 0 Å². The van der Waals surface area contributed by atoms with E-state index in [1.54, 1.807) is 7.05 Å². The summed E-state index contributed by atoms with van der Waals surface area (Å²) in [4.78, 5) is 11.5. The van der Waals surface area contributed by atoms with Crippen LogP contribution in [0.3, 0.4) is 0 Å². The van der Waals surface area contributed by atoms with E-state index >= 15 is 0 Å². The van der Waals surface area contributed by atoms with Gasteiger partial charge in [-0.3, -0.25) is 0 Å². The Hall–Kier alpha value is -1.90. The summed E-state index contributed by atoms with van der Waals surface area (Å²) in [5, 5.41) is 1.86. The number of thiazole rings is 1. The first-order valence-electron chi connectivity index (χ1n) is 5.07. The van der Waals surface area contributed by atoms with Crippen LogP contribution >= 0.6 is 11.3 Å². The van der Waals surface area contributed by atoms with Gasteiger partial charge >= 0.3 is 6.18 Å². The molecule has 0 saturated heterocycles. The molecule has 0 aliphatic rings. The number of halogens is 3. The molecule has 2 rings (SSSR count). The molecule has 0 saturated carbocycles. The second kappa shape index (κ2) is 5.00. The highest BCUT2D eigenvalue weighted by atomic mass is 32.1. The van der Waals surface area contributed by atoms with Crippen LogP contribution in [0.5, 0.6) is 5.75 Å². The van der Waals surface area contributed by atoms with Gasteiger partial charge in [-0.15, -0.1) is 11.3 Å². The lowest BCUT2D eigenvalue weighted by atomic mass is 10.3. The summed E-state index contributed by atoms with van der Waals surface area (Å²) < 4.78 is 42.7. The van der Waals surface area contributed by atoms with Gasteiger partial charge in [0.2, 0.25) is 0 Å². The van der Waals surface area contributed by atoms with Crippen LogP contribution in [0.1, 0.15) is 5.01 Å². The molecule has 9 heteroatoms. The summed E-state index contributed by atoms with van der Waals surface area (Å²) in [5.74, 6) is 0.678. The lowest BCUT2D eigenvalue weighted by Gasteiger charge is -2.09. The first kappa shape index (κ1) is 13.5. The average molecular weight is 290 g/mol. The SMILES string of the molecule is CNc1ncnc(-c2cnc(C(F)(F)F)s2)c1OC. The predicted molar refractivity (Wildman–Crippen MR) is 64.2 cm³/mol. The Kier molecular flexibility index (Phi) is 3.56. The summed E-state index contributed by atoms with van der Waals surface area (Å²) in [6.45, 7) is 0. The minimum atomic E-state index is -4.46. The molecule has 0 unspecified atom stereocenters. The normalized spacial score (nSPS) is 11.4. The van der Waals surface area contributed by atoms with E-state index < -0.39 is 11.2 Å². The van der Waals surface area contributed by atoms with Crippen LogP contribution in [0.4, 0.5) is 19.0 Å². The van der Waals surface area contributed by atoms with Crippen LogP contribution in [-0.2, 0) is 6.18 Å². The Morgan fingerprint density at radius 1 is 1.26 bits per heavy atom. The van der Waals surface area contributed by atoms with E-state index in [1.807, 2.05) is 0 Å². The van der Waals surface area contributed by atoms with Crippen LogP contribution in [0, 0.1) is 0 Å². The molecule has 2 heterocycles. The fraction of sp³-hybridized carbons (Fsp3) is 0.300. The zero-order valence-corrected chi connectivity index (χ0v) is 10.8. The molecule has 102 valence electrons. The van der Waals surface area contributed by atoms with Crippen molar-refractivity contribution in [3.8, 4) is 16.3 Å². The van der Waals surface area contributed by atoms with Gasteiger partial charge in [-0.25, -0.2) is 15.0 Å². The fourth-order valence-electron chi connectivity index (χ4n) is 1.44. The van der Waals surface area contributed by atoms with Crippen LogP contribution < -0.4 is 10.1 Å². The third kappa shape index (κ3) is 2.60. The number of ether oxygens (including phenoxy) is 1. The molecule has 2 aromatic heterocycles. The average Bonchev–Trinajstić information content (AvgIpc) is 2.86. The molecular weight excluding hydrogens is 281 g/mol. The molecule has 5 nitrogen and oxygen atoms in total. The van der Waals surface area contributed by atoms with Crippen molar-refractivity contribution in [2.45, 2.75) is 6.18 Å². The number of anilines is 1. The molecule has 0 spiro atoms. The summed E-state index contributed by atoms with van der Waals surface area (Å²) in [6, 6.07) is 0. The van der Waals surface area contributed by atoms with Gasteiger partial charge in [0.05, 0.1) is 12.0 Å². The number of methoxy groups -OCH3 is 1. The Morgan fingerprint density at radius 3 is 2.53 bits per heavy atom. The van der Waals surface area contributed by atoms with Crippen molar-refractivity contribution in [1.29, 1.82) is 0 Å². The van der Waals surface area contributed by atoms with Crippen LogP contribution in [0.25, 0.3) is 10.6 Å². The Balaban J connectivity index is 2.50. The van der Waals surface area contributed by atoms with E-state index in [0.717, 1.165) is 6.20 Å². The van der Waals surface area contributed by atoms with Crippen LogP contribution in [0.2, 0.25) is 0 Å². The van der Waals surface area contributed by atoms with Crippen molar-refractivity contribution in [3.05, 3.63) is 17.5 Å². The second-order valence-corrected chi connectivity index (χ2v) is 4.41. The summed E-state index contributed by atoms with van der Waals surface area (Å²) in [6.07, 6.45) is -2.09. The van der Waals surface area contributed by atoms with E-state index in [4.69, 9.17) is 4.74 Å². The molecule has 0 radical (unpaired) electrons. The lowest BCUT2D eigenvalue weighted by molar-refractivity contribution is -0.137. The van der Waals surface area contributed by atoms with E-state index in [1.165, 1.54) is 13.4 Å². The Bertz CT molecular complexity index is 584. The van der Waals surface area contributed by atoms with E-state index in [-0.39, 0.29) is 16.3 Å². The molecule has 0 bridgehead atoms. The van der Waals surface area contributed by atoms with Crippen molar-refractivity contribution < 1.29 is 17.9 Å². The zero-order chi connectivity index (χ0) is 14.0. The van der Waals surface area contributed by atoms with E-state index in [2.05, 4.69) is 20.3 Å². The van der Waals surface area contributed by atoms with Gasteiger partial charge in [0, 0.05) is 13.2 Å². The lowest BCUT2D eigenvalue weighted by Crippen LogP contribution is -2.02. The number of hydrogen-bond donors (Lipinski definition) is 1. The maximum atomic E-state index is 12.5. The van der Waals surface area contributed by atoms with Gasteiger partial charge < -0.3 is 10.1 Å². The first-order valence-corrected chi connectivity index (χ1v) is 5.89. The van der Waals surface area contributed by atoms with Gasteiger partial charge in [0.1, 0.15) is 12.0 Å². The van der Waals surface area contributed by atoms with Gasteiger partial charge in [-0.1, -0.05) is 0 Å².